The number of carbonyl (C=O) groups is 1. The molecule has 2 heterocycles. The molecule has 0 radical (unpaired) electrons. The van der Waals surface area contributed by atoms with Crippen LogP contribution in [0.4, 0.5) is 22.0 Å². The number of rotatable bonds is 10. The highest BCUT2D eigenvalue weighted by molar-refractivity contribution is 8.01. The number of carbonyl (C=O) groups excluding carboxylic acids is 1. The van der Waals surface area contributed by atoms with Crippen LogP contribution in [-0.2, 0) is 14.3 Å². The van der Waals surface area contributed by atoms with E-state index in [2.05, 4.69) is 10.3 Å². The zero-order valence-corrected chi connectivity index (χ0v) is 24.9. The third kappa shape index (κ3) is 6.47. The Kier molecular flexibility index (Phi) is 9.60. The molecule has 244 valence electrons. The van der Waals surface area contributed by atoms with Crippen LogP contribution in [0.3, 0.4) is 0 Å². The number of aliphatic hydroxyl groups is 3. The van der Waals surface area contributed by atoms with E-state index in [0.717, 1.165) is 41.4 Å². The number of methoxy groups -OCH3 is 1. The van der Waals surface area contributed by atoms with Crippen molar-refractivity contribution in [3.8, 4) is 11.3 Å². The number of amides is 1. The van der Waals surface area contributed by atoms with Crippen LogP contribution >= 0.6 is 11.8 Å². The molecule has 16 heteroatoms. The molecule has 1 aliphatic heterocycles. The van der Waals surface area contributed by atoms with Gasteiger partial charge in [0.25, 0.3) is 0 Å². The Bertz CT molecular complexity index is 1320. The second kappa shape index (κ2) is 12.8. The van der Waals surface area contributed by atoms with Gasteiger partial charge in [-0.25, -0.2) is 26.6 Å². The maximum absolute atomic E-state index is 14.1. The fourth-order valence-electron chi connectivity index (χ4n) is 5.97. The summed E-state index contributed by atoms with van der Waals surface area (Å²) in [6, 6.07) is 0.316. The monoisotopic (exact) mass is 650 g/mol. The van der Waals surface area contributed by atoms with Crippen LogP contribution in [0.1, 0.15) is 51.5 Å². The first-order valence-corrected chi connectivity index (χ1v) is 15.4. The third-order valence-corrected chi connectivity index (χ3v) is 10.2. The van der Waals surface area contributed by atoms with E-state index in [1.54, 1.807) is 11.8 Å². The number of ether oxygens (including phenoxy) is 2. The Labute approximate surface area is 254 Å². The Morgan fingerprint density at radius 1 is 1.20 bits per heavy atom. The summed E-state index contributed by atoms with van der Waals surface area (Å²) in [4.78, 5) is 15.6. The van der Waals surface area contributed by atoms with Crippen molar-refractivity contribution in [2.24, 2.45) is 0 Å². The van der Waals surface area contributed by atoms with Crippen LogP contribution in [0.15, 0.2) is 18.3 Å². The van der Waals surface area contributed by atoms with Gasteiger partial charge in [0.15, 0.2) is 17.5 Å². The van der Waals surface area contributed by atoms with E-state index < -0.39 is 89.4 Å². The summed E-state index contributed by atoms with van der Waals surface area (Å²) < 4.78 is 82.4. The molecular formula is C28H35F5N4O6S. The molecule has 1 saturated heterocycles. The summed E-state index contributed by atoms with van der Waals surface area (Å²) in [6.45, 7) is 1.47. The number of thioether (sulfide) groups is 1. The van der Waals surface area contributed by atoms with Crippen LogP contribution in [0.5, 0.6) is 0 Å². The van der Waals surface area contributed by atoms with Gasteiger partial charge in [0, 0.05) is 38.1 Å². The highest BCUT2D eigenvalue weighted by atomic mass is 32.2. The molecule has 1 aromatic carbocycles. The van der Waals surface area contributed by atoms with Gasteiger partial charge < -0.3 is 29.7 Å². The fourth-order valence-corrected chi connectivity index (χ4v) is 7.62. The first-order valence-electron chi connectivity index (χ1n) is 14.4. The lowest BCUT2D eigenvalue weighted by Gasteiger charge is -2.47. The van der Waals surface area contributed by atoms with Gasteiger partial charge in [0.05, 0.1) is 18.4 Å². The fraction of sp³-hybridized carbons (Fsp3) is 0.679. The molecule has 1 aromatic heterocycles. The number of aliphatic hydroxyl groups excluding tert-OH is 2. The lowest BCUT2D eigenvalue weighted by atomic mass is 9.80. The molecule has 2 aliphatic carbocycles. The molecule has 1 amide bonds. The van der Waals surface area contributed by atoms with Gasteiger partial charge in [0.1, 0.15) is 40.7 Å². The van der Waals surface area contributed by atoms with E-state index in [-0.39, 0.29) is 30.1 Å². The van der Waals surface area contributed by atoms with E-state index in [4.69, 9.17) is 9.47 Å². The number of benzene rings is 1. The predicted octanol–water partition coefficient (Wildman–Crippen LogP) is 3.05. The normalized spacial score (nSPS) is 28.9. The van der Waals surface area contributed by atoms with E-state index in [9.17, 15) is 42.1 Å². The number of halogens is 5. The second-order valence-electron chi connectivity index (χ2n) is 11.6. The summed E-state index contributed by atoms with van der Waals surface area (Å²) in [5, 5.41) is 39.6. The van der Waals surface area contributed by atoms with Gasteiger partial charge >= 0.3 is 0 Å². The molecule has 2 saturated carbocycles. The first kappa shape index (κ1) is 33.0. The highest BCUT2D eigenvalue weighted by Crippen LogP contribution is 2.48. The van der Waals surface area contributed by atoms with Crippen LogP contribution in [-0.4, -0.2) is 108 Å². The van der Waals surface area contributed by atoms with E-state index >= 15 is 0 Å². The molecular weight excluding hydrogens is 615 g/mol. The Balaban J connectivity index is 1.48. The number of aromatic nitrogens is 3. The van der Waals surface area contributed by atoms with Gasteiger partial charge in [-0.1, -0.05) is 5.21 Å². The van der Waals surface area contributed by atoms with Crippen molar-refractivity contribution in [2.75, 3.05) is 20.3 Å². The minimum absolute atomic E-state index is 0.0239. The summed E-state index contributed by atoms with van der Waals surface area (Å²) >= 11 is 0.871. The maximum Gasteiger partial charge on any atom is 0.248 e. The Morgan fingerprint density at radius 2 is 1.84 bits per heavy atom. The smallest absolute Gasteiger partial charge is 0.248 e. The zero-order valence-electron chi connectivity index (χ0n) is 24.1. The van der Waals surface area contributed by atoms with Crippen LogP contribution in [0.2, 0.25) is 0 Å². The molecule has 3 aliphatic rings. The van der Waals surface area contributed by atoms with E-state index in [0.29, 0.717) is 6.54 Å². The SMILES string of the molecule is CCN(C(=O)[C@@H](S[C@@H]1O[C@H](CO)[C@H](O)[C@H](n2cc(-c3cc(F)c(F)c(F)c3)nn2)[C@H]1OC)C1(O)CCC(F)(F)CC1)C1CC1. The summed E-state index contributed by atoms with van der Waals surface area (Å²) in [6.07, 6.45) is -2.84. The second-order valence-corrected chi connectivity index (χ2v) is 12.8. The summed E-state index contributed by atoms with van der Waals surface area (Å²) in [7, 11) is 1.30. The summed E-state index contributed by atoms with van der Waals surface area (Å²) in [5.74, 6) is -7.93. The van der Waals surface area contributed by atoms with Crippen LogP contribution in [0, 0.1) is 17.5 Å². The van der Waals surface area contributed by atoms with Gasteiger partial charge in [-0.3, -0.25) is 4.79 Å². The molecule has 0 spiro atoms. The largest absolute Gasteiger partial charge is 0.394 e. The quantitative estimate of drug-likeness (QED) is 0.263. The Hall–Kier alpha value is -2.37. The number of hydrogen-bond donors (Lipinski definition) is 3. The molecule has 3 fully saturated rings. The van der Waals surface area contributed by atoms with Crippen molar-refractivity contribution in [3.05, 3.63) is 35.8 Å². The average Bonchev–Trinajstić information content (AvgIpc) is 3.71. The minimum Gasteiger partial charge on any atom is -0.394 e. The van der Waals surface area contributed by atoms with E-state index in [1.165, 1.54) is 13.3 Å². The van der Waals surface area contributed by atoms with Gasteiger partial charge in [0.2, 0.25) is 11.8 Å². The average molecular weight is 651 g/mol. The predicted molar refractivity (Wildman–Crippen MR) is 147 cm³/mol. The topological polar surface area (TPSA) is 130 Å². The number of alkyl halides is 2. The van der Waals surface area contributed by atoms with Crippen molar-refractivity contribution >= 4 is 17.7 Å². The third-order valence-electron chi connectivity index (χ3n) is 8.63. The van der Waals surface area contributed by atoms with Gasteiger partial charge in [-0.15, -0.1) is 16.9 Å². The van der Waals surface area contributed by atoms with Crippen molar-refractivity contribution in [1.82, 2.24) is 19.9 Å². The van der Waals surface area contributed by atoms with Crippen LogP contribution in [0.25, 0.3) is 11.3 Å². The van der Waals surface area contributed by atoms with Crippen molar-refractivity contribution < 1.29 is 51.5 Å². The Morgan fingerprint density at radius 3 is 2.39 bits per heavy atom. The lowest BCUT2D eigenvalue weighted by molar-refractivity contribution is -0.186. The number of nitrogens with zero attached hydrogens (tertiary/aromatic N) is 4. The molecule has 3 N–H and O–H groups in total. The molecule has 2 aromatic rings. The van der Waals surface area contributed by atoms with Gasteiger partial charge in [-0.05, 0) is 44.7 Å². The van der Waals surface area contributed by atoms with Crippen molar-refractivity contribution in [3.63, 3.8) is 0 Å². The van der Waals surface area contributed by atoms with Gasteiger partial charge in [-0.2, -0.15) is 0 Å². The van der Waals surface area contributed by atoms with Crippen molar-refractivity contribution in [2.45, 2.75) is 98.1 Å². The molecule has 0 bridgehead atoms. The van der Waals surface area contributed by atoms with Crippen LogP contribution < -0.4 is 0 Å². The molecule has 0 unspecified atom stereocenters. The molecule has 5 rings (SSSR count). The summed E-state index contributed by atoms with van der Waals surface area (Å²) in [5.41, 5.74) is -3.12. The van der Waals surface area contributed by atoms with E-state index in [1.807, 2.05) is 0 Å². The maximum atomic E-state index is 14.1. The standard InChI is InChI=1S/C28H35F5N4O6S/c1-3-36(15-4-5-15)25(40)24(27(41)6-8-28(32,33)9-7-27)44-26-23(42-2)21(22(39)19(13-38)43-26)37-12-18(34-35-37)14-10-16(29)20(31)17(30)11-14/h10-12,15,19,21-24,26,38-39,41H,3-9,13H2,1-2H3/t19-,21+,22+,23-,24-,26+/m1/s1. The highest BCUT2D eigenvalue weighted by Gasteiger charge is 2.55. The number of hydrogen-bond acceptors (Lipinski definition) is 9. The molecule has 44 heavy (non-hydrogen) atoms. The zero-order chi connectivity index (χ0) is 32.0. The molecule has 6 atom stereocenters. The molecule has 10 nitrogen and oxygen atoms in total. The minimum atomic E-state index is -2.97. The first-order chi connectivity index (χ1) is 20.8. The van der Waals surface area contributed by atoms with Crippen molar-refractivity contribution in [1.29, 1.82) is 0 Å². The lowest BCUT2D eigenvalue weighted by Crippen LogP contribution is -2.59.